The Bertz CT molecular complexity index is 1040. The molecule has 0 unspecified atom stereocenters. The van der Waals surface area contributed by atoms with Crippen LogP contribution >= 0.6 is 15.9 Å². The smallest absolute Gasteiger partial charge is 0.274 e. The molecule has 0 spiro atoms. The van der Waals surface area contributed by atoms with E-state index in [-0.39, 0.29) is 23.0 Å². The molecule has 0 aromatic heterocycles. The van der Waals surface area contributed by atoms with Crippen molar-refractivity contribution in [2.45, 2.75) is 24.7 Å². The molecule has 1 fully saturated rings. The molecular weight excluding hydrogens is 462 g/mol. The Kier molecular flexibility index (Phi) is 6.35. The number of amides is 1. The fourth-order valence-electron chi connectivity index (χ4n) is 3.32. The topological polar surface area (TPSA) is 110 Å². The van der Waals surface area contributed by atoms with E-state index < -0.39 is 20.9 Å². The summed E-state index contributed by atoms with van der Waals surface area (Å²) in [5.74, 6) is -0.878. The Balaban J connectivity index is 1.75. The summed E-state index contributed by atoms with van der Waals surface area (Å²) in [7, 11) is -3.70. The van der Waals surface area contributed by atoms with Crippen molar-refractivity contribution in [3.8, 4) is 0 Å². The number of hydrogen-bond donors (Lipinski definition) is 1. The van der Waals surface area contributed by atoms with E-state index >= 15 is 0 Å². The van der Waals surface area contributed by atoms with E-state index in [2.05, 4.69) is 21.2 Å². The molecule has 0 aliphatic carbocycles. The van der Waals surface area contributed by atoms with E-state index in [1.807, 2.05) is 0 Å². The highest BCUT2D eigenvalue weighted by atomic mass is 79.9. The van der Waals surface area contributed by atoms with Gasteiger partial charge in [0.1, 0.15) is 0 Å². The number of nitrogens with one attached hydrogen (secondary N) is 1. The van der Waals surface area contributed by atoms with Crippen molar-refractivity contribution in [1.29, 1.82) is 0 Å². The van der Waals surface area contributed by atoms with E-state index in [0.717, 1.165) is 4.47 Å². The van der Waals surface area contributed by atoms with Gasteiger partial charge in [0.25, 0.3) is 5.69 Å². The van der Waals surface area contributed by atoms with Crippen molar-refractivity contribution >= 4 is 43.2 Å². The fraction of sp³-hybridized carbons (Fsp3) is 0.316. The second-order valence-corrected chi connectivity index (χ2v) is 9.71. The van der Waals surface area contributed by atoms with Crippen molar-refractivity contribution < 1.29 is 18.1 Å². The van der Waals surface area contributed by atoms with Gasteiger partial charge in [-0.3, -0.25) is 14.9 Å². The lowest BCUT2D eigenvalue weighted by molar-refractivity contribution is -0.385. The zero-order valence-corrected chi connectivity index (χ0v) is 18.1. The van der Waals surface area contributed by atoms with Gasteiger partial charge in [0.2, 0.25) is 15.9 Å². The number of nitrogens with zero attached hydrogens (tertiary/aromatic N) is 2. The molecule has 0 bridgehead atoms. The number of carbonyl (C=O) groups is 1. The number of hydrogen-bond acceptors (Lipinski definition) is 5. The van der Waals surface area contributed by atoms with Gasteiger partial charge in [-0.1, -0.05) is 22.0 Å². The van der Waals surface area contributed by atoms with E-state index in [0.29, 0.717) is 30.6 Å². The van der Waals surface area contributed by atoms with Crippen molar-refractivity contribution in [2.24, 2.45) is 5.92 Å². The third kappa shape index (κ3) is 4.65. The second-order valence-electron chi connectivity index (χ2n) is 6.85. The van der Waals surface area contributed by atoms with Gasteiger partial charge in [0, 0.05) is 23.6 Å². The molecule has 1 aliphatic heterocycles. The average Bonchev–Trinajstić information content (AvgIpc) is 2.69. The maximum Gasteiger partial charge on any atom is 0.274 e. The highest BCUT2D eigenvalue weighted by molar-refractivity contribution is 9.10. The Labute approximate surface area is 177 Å². The Morgan fingerprint density at radius 1 is 1.24 bits per heavy atom. The van der Waals surface area contributed by atoms with Gasteiger partial charge >= 0.3 is 0 Å². The van der Waals surface area contributed by atoms with Crippen molar-refractivity contribution in [3.63, 3.8) is 0 Å². The SMILES string of the molecule is Cc1c(NC(=O)[C@H]2CCCN(S(=O)(=O)c3ccc(Br)cc3)C2)cccc1[N+](=O)[O-]. The Hall–Kier alpha value is -2.30. The zero-order valence-electron chi connectivity index (χ0n) is 15.7. The number of carbonyl (C=O) groups excluding carboxylic acids is 1. The standard InChI is InChI=1S/C19H20BrN3O5S/c1-13-17(5-2-6-18(13)23(25)26)21-19(24)14-4-3-11-22(12-14)29(27,28)16-9-7-15(20)8-10-16/h2,5-10,14H,3-4,11-12H2,1H3,(H,21,24)/t14-/m0/s1. The van der Waals surface area contributed by atoms with E-state index in [1.165, 1.54) is 28.6 Å². The number of nitro benzene ring substituents is 1. The molecule has 1 saturated heterocycles. The van der Waals surface area contributed by atoms with Crippen LogP contribution in [-0.2, 0) is 14.8 Å². The highest BCUT2D eigenvalue weighted by Gasteiger charge is 2.33. The van der Waals surface area contributed by atoms with Gasteiger partial charge in [-0.05, 0) is 50.1 Å². The predicted octanol–water partition coefficient (Wildman–Crippen LogP) is 3.71. The lowest BCUT2D eigenvalue weighted by Crippen LogP contribution is -2.43. The summed E-state index contributed by atoms with van der Waals surface area (Å²) in [6.07, 6.45) is 1.11. The number of rotatable bonds is 5. The summed E-state index contributed by atoms with van der Waals surface area (Å²) >= 11 is 3.28. The Morgan fingerprint density at radius 3 is 2.59 bits per heavy atom. The molecule has 1 amide bonds. The minimum atomic E-state index is -3.70. The maximum atomic E-state index is 12.9. The molecule has 2 aromatic rings. The van der Waals surface area contributed by atoms with Gasteiger partial charge in [-0.2, -0.15) is 4.31 Å². The predicted molar refractivity (Wildman–Crippen MR) is 112 cm³/mol. The molecule has 1 N–H and O–H groups in total. The molecule has 10 heteroatoms. The van der Waals surface area contributed by atoms with Crippen LogP contribution < -0.4 is 5.32 Å². The molecule has 1 heterocycles. The summed E-state index contributed by atoms with van der Waals surface area (Å²) < 4.78 is 27.9. The van der Waals surface area contributed by atoms with Gasteiger partial charge in [0.15, 0.2) is 0 Å². The van der Waals surface area contributed by atoms with Crippen LogP contribution in [0.1, 0.15) is 18.4 Å². The number of anilines is 1. The molecule has 2 aromatic carbocycles. The number of piperidine rings is 1. The number of halogens is 1. The number of sulfonamides is 1. The summed E-state index contributed by atoms with van der Waals surface area (Å²) in [6, 6.07) is 10.8. The first-order valence-electron chi connectivity index (χ1n) is 9.00. The van der Waals surface area contributed by atoms with Crippen LogP contribution in [0.15, 0.2) is 51.8 Å². The van der Waals surface area contributed by atoms with Crippen LogP contribution in [0.2, 0.25) is 0 Å². The normalized spacial score (nSPS) is 17.7. The molecular formula is C19H20BrN3O5S. The summed E-state index contributed by atoms with van der Waals surface area (Å²) in [6.45, 7) is 1.98. The van der Waals surface area contributed by atoms with Gasteiger partial charge in [-0.25, -0.2) is 8.42 Å². The molecule has 0 saturated carbocycles. The minimum absolute atomic E-state index is 0.0677. The van der Waals surface area contributed by atoms with Gasteiger partial charge in [0.05, 0.1) is 27.0 Å². The van der Waals surface area contributed by atoms with Crippen molar-refractivity contribution in [3.05, 3.63) is 62.6 Å². The number of nitro groups is 1. The van der Waals surface area contributed by atoms with Crippen LogP contribution in [-0.4, -0.2) is 36.6 Å². The van der Waals surface area contributed by atoms with Crippen LogP contribution in [0.5, 0.6) is 0 Å². The van der Waals surface area contributed by atoms with Crippen LogP contribution in [0.3, 0.4) is 0 Å². The first kappa shape index (κ1) is 21.4. The van der Waals surface area contributed by atoms with Crippen LogP contribution in [0, 0.1) is 23.0 Å². The summed E-state index contributed by atoms with van der Waals surface area (Å²) in [5.41, 5.74) is 0.643. The maximum absolute atomic E-state index is 12.9. The van der Waals surface area contributed by atoms with Crippen LogP contribution in [0.25, 0.3) is 0 Å². The Morgan fingerprint density at radius 2 is 1.93 bits per heavy atom. The van der Waals surface area contributed by atoms with Crippen molar-refractivity contribution in [2.75, 3.05) is 18.4 Å². The third-order valence-electron chi connectivity index (χ3n) is 4.97. The fourth-order valence-corrected chi connectivity index (χ4v) is 5.11. The van der Waals surface area contributed by atoms with Crippen molar-refractivity contribution in [1.82, 2.24) is 4.31 Å². The highest BCUT2D eigenvalue weighted by Crippen LogP contribution is 2.28. The molecule has 8 nitrogen and oxygen atoms in total. The molecule has 1 aliphatic rings. The summed E-state index contributed by atoms with van der Waals surface area (Å²) in [4.78, 5) is 23.5. The number of benzene rings is 2. The van der Waals surface area contributed by atoms with Crippen LogP contribution in [0.4, 0.5) is 11.4 Å². The quantitative estimate of drug-likeness (QED) is 0.516. The molecule has 29 heavy (non-hydrogen) atoms. The molecule has 3 rings (SSSR count). The summed E-state index contributed by atoms with van der Waals surface area (Å²) in [5, 5.41) is 13.8. The van der Waals surface area contributed by atoms with E-state index in [9.17, 15) is 23.3 Å². The second kappa shape index (κ2) is 8.60. The first-order chi connectivity index (χ1) is 13.7. The largest absolute Gasteiger partial charge is 0.325 e. The third-order valence-corrected chi connectivity index (χ3v) is 7.37. The lowest BCUT2D eigenvalue weighted by Gasteiger charge is -2.31. The molecule has 0 radical (unpaired) electrons. The molecule has 1 atom stereocenters. The monoisotopic (exact) mass is 481 g/mol. The zero-order chi connectivity index (χ0) is 21.2. The first-order valence-corrected chi connectivity index (χ1v) is 11.2. The van der Waals surface area contributed by atoms with E-state index in [1.54, 1.807) is 25.1 Å². The average molecular weight is 482 g/mol. The minimum Gasteiger partial charge on any atom is -0.325 e. The van der Waals surface area contributed by atoms with E-state index in [4.69, 9.17) is 0 Å². The lowest BCUT2D eigenvalue weighted by atomic mass is 9.98. The van der Waals surface area contributed by atoms with Gasteiger partial charge in [-0.15, -0.1) is 0 Å². The molecule has 154 valence electrons. The van der Waals surface area contributed by atoms with Gasteiger partial charge < -0.3 is 5.32 Å².